The number of fused-ring (bicyclic) bond motifs is 1. The van der Waals surface area contributed by atoms with Crippen LogP contribution in [0.25, 0.3) is 11.1 Å². The van der Waals surface area contributed by atoms with Gasteiger partial charge in [0, 0.05) is 25.5 Å². The van der Waals surface area contributed by atoms with Crippen molar-refractivity contribution in [1.29, 1.82) is 0 Å². The topological polar surface area (TPSA) is 162 Å². The van der Waals surface area contributed by atoms with Gasteiger partial charge >= 0.3 is 18.4 Å². The number of rotatable bonds is 6. The summed E-state index contributed by atoms with van der Waals surface area (Å²) in [6.45, 7) is 6.33. The number of furan rings is 1. The number of carbonyl (C=O) groups excluding carboxylic acids is 2. The molecule has 47 heavy (non-hydrogen) atoms. The lowest BCUT2D eigenvalue weighted by Gasteiger charge is -2.40. The Hall–Kier alpha value is -4.60. The molecule has 16 heteroatoms. The van der Waals surface area contributed by atoms with E-state index in [1.807, 2.05) is 0 Å². The molecule has 2 fully saturated rings. The molecular formula is C31H38F3N7O6. The van der Waals surface area contributed by atoms with E-state index >= 15 is 0 Å². The zero-order valence-electron chi connectivity index (χ0n) is 26.5. The van der Waals surface area contributed by atoms with Gasteiger partial charge in [0.2, 0.25) is 5.88 Å². The summed E-state index contributed by atoms with van der Waals surface area (Å²) in [7, 11) is 2.06. The Bertz CT molecular complexity index is 1630. The van der Waals surface area contributed by atoms with E-state index in [2.05, 4.69) is 37.9 Å². The Morgan fingerprint density at radius 2 is 1.81 bits per heavy atom. The highest BCUT2D eigenvalue weighted by Gasteiger charge is 2.45. The molecule has 254 valence electrons. The van der Waals surface area contributed by atoms with Gasteiger partial charge in [0.05, 0.1) is 29.5 Å². The van der Waals surface area contributed by atoms with Gasteiger partial charge in [-0.1, -0.05) is 0 Å². The predicted molar refractivity (Wildman–Crippen MR) is 167 cm³/mol. The minimum Gasteiger partial charge on any atom is -0.465 e. The normalized spacial score (nSPS) is 19.8. The second-order valence-corrected chi connectivity index (χ2v) is 13.0. The maximum Gasteiger partial charge on any atom is 0.414 e. The van der Waals surface area contributed by atoms with Gasteiger partial charge in [0.1, 0.15) is 16.7 Å². The van der Waals surface area contributed by atoms with Crippen LogP contribution in [0.5, 0.6) is 0 Å². The molecule has 2 aliphatic rings. The maximum absolute atomic E-state index is 13.9. The third kappa shape index (κ3) is 8.22. The summed E-state index contributed by atoms with van der Waals surface area (Å²) in [6.07, 6.45) is -1.17. The summed E-state index contributed by atoms with van der Waals surface area (Å²) in [5, 5.41) is 16.6. The number of halogens is 3. The molecule has 5 heterocycles. The molecule has 13 nitrogen and oxygen atoms in total. The van der Waals surface area contributed by atoms with E-state index in [9.17, 15) is 32.7 Å². The lowest BCUT2D eigenvalue weighted by Crippen LogP contribution is -2.53. The van der Waals surface area contributed by atoms with E-state index < -0.39 is 54.8 Å². The summed E-state index contributed by atoms with van der Waals surface area (Å²) in [6, 6.07) is 2.21. The van der Waals surface area contributed by atoms with E-state index in [0.717, 1.165) is 31.5 Å². The number of carboxylic acid groups (broad SMARTS) is 1. The number of piperidine rings is 2. The van der Waals surface area contributed by atoms with Crippen LogP contribution in [-0.4, -0.2) is 89.1 Å². The predicted octanol–water partition coefficient (Wildman–Crippen LogP) is 5.66. The lowest BCUT2D eigenvalue weighted by molar-refractivity contribution is -0.177. The number of alkyl halides is 3. The van der Waals surface area contributed by atoms with Crippen LogP contribution in [0, 0.1) is 5.92 Å². The number of pyridine rings is 2. The van der Waals surface area contributed by atoms with Gasteiger partial charge in [-0.25, -0.2) is 9.59 Å². The number of nitrogens with zero attached hydrogens (tertiary/aromatic N) is 4. The molecule has 0 bridgehead atoms. The first-order valence-corrected chi connectivity index (χ1v) is 15.2. The second-order valence-electron chi connectivity index (χ2n) is 13.0. The van der Waals surface area contributed by atoms with E-state index in [1.54, 1.807) is 33.0 Å². The smallest absolute Gasteiger partial charge is 0.414 e. The Morgan fingerprint density at radius 1 is 1.09 bits per heavy atom. The fourth-order valence-electron chi connectivity index (χ4n) is 6.01. The van der Waals surface area contributed by atoms with Gasteiger partial charge in [-0.15, -0.1) is 0 Å². The van der Waals surface area contributed by atoms with Crippen molar-refractivity contribution in [3.63, 3.8) is 0 Å². The van der Waals surface area contributed by atoms with Crippen molar-refractivity contribution >= 4 is 46.5 Å². The average molecular weight is 662 g/mol. The van der Waals surface area contributed by atoms with Crippen molar-refractivity contribution < 1.29 is 41.8 Å². The van der Waals surface area contributed by atoms with E-state index in [4.69, 9.17) is 9.15 Å². The van der Waals surface area contributed by atoms with Gasteiger partial charge < -0.3 is 34.7 Å². The van der Waals surface area contributed by atoms with Crippen LogP contribution in [0.15, 0.2) is 35.1 Å². The molecule has 2 atom stereocenters. The first kappa shape index (κ1) is 33.8. The van der Waals surface area contributed by atoms with Crippen molar-refractivity contribution in [3.8, 4) is 0 Å². The fourth-order valence-corrected chi connectivity index (χ4v) is 6.01. The molecule has 0 aromatic carbocycles. The Balaban J connectivity index is 1.48. The largest absolute Gasteiger partial charge is 0.465 e. The molecule has 4 N–H and O–H groups in total. The molecule has 0 spiro atoms. The molecule has 2 saturated heterocycles. The fraction of sp³-hybridized carbons (Fsp3) is 0.516. The van der Waals surface area contributed by atoms with Gasteiger partial charge in [-0.3, -0.25) is 20.1 Å². The van der Waals surface area contributed by atoms with Crippen molar-refractivity contribution in [2.24, 2.45) is 5.92 Å². The van der Waals surface area contributed by atoms with Crippen molar-refractivity contribution in [1.82, 2.24) is 20.2 Å². The van der Waals surface area contributed by atoms with E-state index in [1.165, 1.54) is 23.4 Å². The number of amides is 3. The summed E-state index contributed by atoms with van der Waals surface area (Å²) in [5.74, 6) is -2.58. The molecule has 3 amide bonds. The molecule has 0 aliphatic carbocycles. The second kappa shape index (κ2) is 13.3. The van der Waals surface area contributed by atoms with Crippen LogP contribution >= 0.6 is 0 Å². The van der Waals surface area contributed by atoms with Crippen LogP contribution < -0.4 is 20.9 Å². The summed E-state index contributed by atoms with van der Waals surface area (Å²) >= 11 is 0. The Morgan fingerprint density at radius 3 is 2.47 bits per heavy atom. The first-order chi connectivity index (χ1) is 22.1. The maximum atomic E-state index is 13.9. The SMILES string of the molecule is CN1CCC(c2cnc3c(C(=O)Nc4cnccc4N4C[C@@H](NC(=O)O)C[C@@H](C(F)(F)F)C4)c(NC(=O)OC(C)(C)C)oc3c2)CC1. The lowest BCUT2D eigenvalue weighted by atomic mass is 9.90. The molecule has 5 rings (SSSR count). The van der Waals surface area contributed by atoms with Gasteiger partial charge in [0.15, 0.2) is 5.58 Å². The van der Waals surface area contributed by atoms with Crippen molar-refractivity contribution in [3.05, 3.63) is 41.9 Å². The number of ether oxygens (including phenoxy) is 1. The van der Waals surface area contributed by atoms with Crippen LogP contribution in [0.2, 0.25) is 0 Å². The van der Waals surface area contributed by atoms with E-state index in [0.29, 0.717) is 0 Å². The standard InChI is InChI=1S/C31H38F3N7O6/c1-30(2,3)47-29(45)39-27-24(25-23(46-27)11-18(13-36-25)17-6-9-40(4)10-7-17)26(42)38-21-14-35-8-5-22(21)41-15-19(31(32,33)34)12-20(16-41)37-28(43)44/h5,8,11,13-14,17,19-20,37H,6-7,9-10,12,15-16H2,1-4H3,(H,38,42)(H,39,45)(H,43,44)/t19-,20+/m1/s1. The van der Waals surface area contributed by atoms with E-state index in [-0.39, 0.29) is 46.4 Å². The zero-order chi connectivity index (χ0) is 34.1. The van der Waals surface area contributed by atoms with Gasteiger partial charge in [0.25, 0.3) is 5.91 Å². The van der Waals surface area contributed by atoms with Crippen molar-refractivity contribution in [2.75, 3.05) is 48.8 Å². The molecule has 0 unspecified atom stereocenters. The van der Waals surface area contributed by atoms with Gasteiger partial charge in [-0.05, 0) is 83.8 Å². The minimum atomic E-state index is -4.58. The Labute approximate surface area is 268 Å². The monoisotopic (exact) mass is 661 g/mol. The van der Waals surface area contributed by atoms with Crippen LogP contribution in [0.1, 0.15) is 61.9 Å². The first-order valence-electron chi connectivity index (χ1n) is 15.2. The van der Waals surface area contributed by atoms with Crippen LogP contribution in [-0.2, 0) is 4.74 Å². The third-order valence-electron chi connectivity index (χ3n) is 8.21. The highest BCUT2D eigenvalue weighted by molar-refractivity contribution is 6.16. The number of likely N-dealkylation sites (tertiary alicyclic amines) is 1. The van der Waals surface area contributed by atoms with Crippen LogP contribution in [0.3, 0.4) is 0 Å². The molecule has 0 saturated carbocycles. The Kier molecular flexibility index (Phi) is 9.52. The average Bonchev–Trinajstić information content (AvgIpc) is 3.32. The number of anilines is 3. The molecule has 2 aliphatic heterocycles. The highest BCUT2D eigenvalue weighted by Crippen LogP contribution is 2.38. The quantitative estimate of drug-likeness (QED) is 0.260. The number of aromatic nitrogens is 2. The highest BCUT2D eigenvalue weighted by atomic mass is 19.4. The summed E-state index contributed by atoms with van der Waals surface area (Å²) in [5.41, 5.74) is 0.651. The number of hydrogen-bond acceptors (Lipinski definition) is 9. The molecule has 3 aromatic rings. The van der Waals surface area contributed by atoms with Crippen LogP contribution in [0.4, 0.5) is 40.0 Å². The summed E-state index contributed by atoms with van der Waals surface area (Å²) < 4.78 is 52.9. The van der Waals surface area contributed by atoms with Crippen molar-refractivity contribution in [2.45, 2.75) is 63.8 Å². The number of hydrogen-bond donors (Lipinski definition) is 4. The molecule has 3 aromatic heterocycles. The molecule has 0 radical (unpaired) electrons. The minimum absolute atomic E-state index is 0.0647. The summed E-state index contributed by atoms with van der Waals surface area (Å²) in [4.78, 5) is 50.2. The number of carbonyl (C=O) groups is 3. The number of nitrogens with one attached hydrogen (secondary N) is 3. The zero-order valence-corrected chi connectivity index (χ0v) is 26.5. The van der Waals surface area contributed by atoms with Gasteiger partial charge in [-0.2, -0.15) is 13.2 Å². The third-order valence-corrected chi connectivity index (χ3v) is 8.21. The molecular weight excluding hydrogens is 623 g/mol.